The molecule has 0 aliphatic carbocycles. The maximum Gasteiger partial charge on any atom is 0.0801 e. The van der Waals surface area contributed by atoms with E-state index in [9.17, 15) is 0 Å². The number of anilines is 1. The van der Waals surface area contributed by atoms with Crippen LogP contribution in [0.1, 0.15) is 11.3 Å². The van der Waals surface area contributed by atoms with Gasteiger partial charge in [0.05, 0.1) is 21.8 Å². The second-order valence-electron chi connectivity index (χ2n) is 4.19. The van der Waals surface area contributed by atoms with Crippen molar-refractivity contribution >= 4 is 27.9 Å². The average molecular weight is 243 g/mol. The zero-order valence-corrected chi connectivity index (χ0v) is 10.6. The largest absolute Gasteiger partial charge is 0.398 e. The van der Waals surface area contributed by atoms with Crippen LogP contribution >= 0.6 is 11.3 Å². The molecule has 0 unspecified atom stereocenters. The summed E-state index contributed by atoms with van der Waals surface area (Å²) in [6.07, 6.45) is 0. The lowest BCUT2D eigenvalue weighted by Crippen LogP contribution is -1.88. The van der Waals surface area contributed by atoms with Gasteiger partial charge >= 0.3 is 0 Å². The van der Waals surface area contributed by atoms with Gasteiger partial charge in [-0.3, -0.25) is 0 Å². The Kier molecular flexibility index (Phi) is 2.19. The number of thiazole rings is 1. The Morgan fingerprint density at radius 2 is 2.12 bits per heavy atom. The molecule has 3 nitrogen and oxygen atoms in total. The fourth-order valence-electron chi connectivity index (χ4n) is 2.05. The third-order valence-electron chi connectivity index (χ3n) is 3.10. The number of nitrogens with zero attached hydrogens (tertiary/aromatic N) is 1. The van der Waals surface area contributed by atoms with Crippen molar-refractivity contribution in [3.8, 4) is 10.6 Å². The van der Waals surface area contributed by atoms with E-state index >= 15 is 0 Å². The van der Waals surface area contributed by atoms with Crippen molar-refractivity contribution in [1.29, 1.82) is 0 Å². The topological polar surface area (TPSA) is 54.7 Å². The Morgan fingerprint density at radius 3 is 2.82 bits per heavy atom. The molecule has 3 N–H and O–H groups in total. The number of fused-ring (bicyclic) bond motifs is 1. The first-order chi connectivity index (χ1) is 8.16. The van der Waals surface area contributed by atoms with E-state index < -0.39 is 0 Å². The molecule has 3 rings (SSSR count). The zero-order valence-electron chi connectivity index (χ0n) is 9.74. The molecule has 0 aliphatic heterocycles. The van der Waals surface area contributed by atoms with E-state index in [1.807, 2.05) is 24.6 Å². The van der Waals surface area contributed by atoms with Gasteiger partial charge in [-0.25, -0.2) is 4.98 Å². The summed E-state index contributed by atoms with van der Waals surface area (Å²) in [5.41, 5.74) is 13.1. The van der Waals surface area contributed by atoms with Crippen LogP contribution in [0.25, 0.3) is 21.5 Å². The van der Waals surface area contributed by atoms with E-state index in [-0.39, 0.29) is 0 Å². The van der Waals surface area contributed by atoms with Crippen molar-refractivity contribution in [2.75, 3.05) is 5.73 Å². The Hall–Kier alpha value is -1.81. The lowest BCUT2D eigenvalue weighted by Gasteiger charge is -1.99. The Morgan fingerprint density at radius 1 is 1.29 bits per heavy atom. The number of benzene rings is 1. The van der Waals surface area contributed by atoms with Crippen LogP contribution in [0, 0.1) is 13.8 Å². The molecule has 2 aromatic heterocycles. The van der Waals surface area contributed by atoms with Crippen molar-refractivity contribution in [2.45, 2.75) is 13.8 Å². The molecule has 2 heterocycles. The summed E-state index contributed by atoms with van der Waals surface area (Å²) in [6.45, 7) is 4.08. The molecular formula is C13H13N3S. The van der Waals surface area contributed by atoms with Gasteiger partial charge in [-0.1, -0.05) is 0 Å². The SMILES string of the molecule is Cc1ncsc1-c1cc2c(C)c(N)ccc2[nH]1. The van der Waals surface area contributed by atoms with Crippen LogP contribution in [0.4, 0.5) is 5.69 Å². The molecule has 0 atom stereocenters. The van der Waals surface area contributed by atoms with Crippen LogP contribution in [0.5, 0.6) is 0 Å². The number of rotatable bonds is 1. The van der Waals surface area contributed by atoms with Crippen molar-refractivity contribution in [3.63, 3.8) is 0 Å². The number of aromatic amines is 1. The van der Waals surface area contributed by atoms with Crippen molar-refractivity contribution in [3.05, 3.63) is 35.0 Å². The first-order valence-electron chi connectivity index (χ1n) is 5.45. The number of hydrogen-bond acceptors (Lipinski definition) is 3. The van der Waals surface area contributed by atoms with Crippen LogP contribution in [0.3, 0.4) is 0 Å². The molecule has 86 valence electrons. The maximum atomic E-state index is 5.92. The first kappa shape index (κ1) is 10.4. The van der Waals surface area contributed by atoms with Gasteiger partial charge in [-0.2, -0.15) is 0 Å². The predicted molar refractivity (Wildman–Crippen MR) is 73.3 cm³/mol. The summed E-state index contributed by atoms with van der Waals surface area (Å²) in [5, 5.41) is 1.19. The number of H-pyrrole nitrogens is 1. The van der Waals surface area contributed by atoms with Gasteiger partial charge in [-0.05, 0) is 37.6 Å². The van der Waals surface area contributed by atoms with E-state index in [2.05, 4.69) is 23.0 Å². The van der Waals surface area contributed by atoms with Crippen molar-refractivity contribution < 1.29 is 0 Å². The minimum atomic E-state index is 0.837. The second-order valence-corrected chi connectivity index (χ2v) is 5.05. The molecule has 0 spiro atoms. The van der Waals surface area contributed by atoms with Crippen molar-refractivity contribution in [1.82, 2.24) is 9.97 Å². The fraction of sp³-hybridized carbons (Fsp3) is 0.154. The van der Waals surface area contributed by atoms with Gasteiger partial charge in [0.15, 0.2) is 0 Å². The van der Waals surface area contributed by atoms with E-state index in [4.69, 9.17) is 5.73 Å². The number of nitrogens with one attached hydrogen (secondary N) is 1. The Labute approximate surface area is 103 Å². The van der Waals surface area contributed by atoms with E-state index in [0.717, 1.165) is 28.2 Å². The van der Waals surface area contributed by atoms with E-state index in [1.54, 1.807) is 11.3 Å². The number of aromatic nitrogens is 2. The standard InChI is InChI=1S/C13H13N3S/c1-7-9-5-12(13-8(2)15-6-17-13)16-11(9)4-3-10(7)14/h3-6,16H,14H2,1-2H3. The average Bonchev–Trinajstić information content (AvgIpc) is 2.89. The highest BCUT2D eigenvalue weighted by Crippen LogP contribution is 2.32. The normalized spacial score (nSPS) is 11.2. The van der Waals surface area contributed by atoms with Gasteiger partial charge in [0.1, 0.15) is 0 Å². The quantitative estimate of drug-likeness (QED) is 0.643. The molecule has 0 aliphatic rings. The summed E-state index contributed by atoms with van der Waals surface area (Å²) in [6, 6.07) is 6.12. The smallest absolute Gasteiger partial charge is 0.0801 e. The predicted octanol–water partition coefficient (Wildman–Crippen LogP) is 3.49. The van der Waals surface area contributed by atoms with E-state index in [1.165, 1.54) is 10.3 Å². The lowest BCUT2D eigenvalue weighted by atomic mass is 10.1. The second kappa shape index (κ2) is 3.60. The summed E-state index contributed by atoms with van der Waals surface area (Å²) in [7, 11) is 0. The highest BCUT2D eigenvalue weighted by Gasteiger charge is 2.10. The first-order valence-corrected chi connectivity index (χ1v) is 6.33. The molecule has 0 saturated heterocycles. The summed E-state index contributed by atoms with van der Waals surface area (Å²) < 4.78 is 0. The van der Waals surface area contributed by atoms with Crippen LogP contribution < -0.4 is 5.73 Å². The van der Waals surface area contributed by atoms with Crippen LogP contribution in [-0.4, -0.2) is 9.97 Å². The molecule has 0 saturated carbocycles. The Bertz CT molecular complexity index is 694. The molecule has 17 heavy (non-hydrogen) atoms. The number of nitrogen functional groups attached to an aromatic ring is 1. The minimum Gasteiger partial charge on any atom is -0.398 e. The van der Waals surface area contributed by atoms with Crippen LogP contribution in [-0.2, 0) is 0 Å². The van der Waals surface area contributed by atoms with Gasteiger partial charge in [0.25, 0.3) is 0 Å². The minimum absolute atomic E-state index is 0.837. The monoisotopic (exact) mass is 243 g/mol. The van der Waals surface area contributed by atoms with Gasteiger partial charge in [-0.15, -0.1) is 11.3 Å². The summed E-state index contributed by atoms with van der Waals surface area (Å²) in [5.74, 6) is 0. The fourth-order valence-corrected chi connectivity index (χ4v) is 2.83. The molecule has 3 aromatic rings. The third kappa shape index (κ3) is 1.52. The zero-order chi connectivity index (χ0) is 12.0. The molecule has 1 aromatic carbocycles. The van der Waals surface area contributed by atoms with Crippen LogP contribution in [0.15, 0.2) is 23.7 Å². The lowest BCUT2D eigenvalue weighted by molar-refractivity contribution is 1.26. The summed E-state index contributed by atoms with van der Waals surface area (Å²) >= 11 is 1.65. The Balaban J connectivity index is 2.27. The number of hydrogen-bond donors (Lipinski definition) is 2. The molecule has 4 heteroatoms. The maximum absolute atomic E-state index is 5.92. The molecule has 0 radical (unpaired) electrons. The molecule has 0 fully saturated rings. The van der Waals surface area contributed by atoms with E-state index in [0.29, 0.717) is 0 Å². The van der Waals surface area contributed by atoms with Gasteiger partial charge in [0, 0.05) is 16.6 Å². The highest BCUT2D eigenvalue weighted by atomic mass is 32.1. The number of aryl methyl sites for hydroxylation is 2. The van der Waals surface area contributed by atoms with Crippen LogP contribution in [0.2, 0.25) is 0 Å². The molecule has 0 amide bonds. The van der Waals surface area contributed by atoms with Gasteiger partial charge in [0.2, 0.25) is 0 Å². The van der Waals surface area contributed by atoms with Gasteiger partial charge < -0.3 is 10.7 Å². The number of nitrogens with two attached hydrogens (primary N) is 1. The third-order valence-corrected chi connectivity index (χ3v) is 4.07. The van der Waals surface area contributed by atoms with Crippen molar-refractivity contribution in [2.24, 2.45) is 0 Å². The highest BCUT2D eigenvalue weighted by molar-refractivity contribution is 7.13. The molecule has 0 bridgehead atoms. The molecular weight excluding hydrogens is 230 g/mol. The summed E-state index contributed by atoms with van der Waals surface area (Å²) in [4.78, 5) is 8.89.